The Kier molecular flexibility index (Phi) is 4.28. The monoisotopic (exact) mass is 260 g/mol. The summed E-state index contributed by atoms with van der Waals surface area (Å²) in [5.41, 5.74) is 5.19. The third-order valence-electron chi connectivity index (χ3n) is 4.47. The molecule has 2 rings (SSSR count). The Morgan fingerprint density at radius 1 is 1.16 bits per heavy atom. The molecule has 104 valence electrons. The maximum absolute atomic E-state index is 11.3. The summed E-state index contributed by atoms with van der Waals surface area (Å²) in [5, 5.41) is 0. The third-order valence-corrected chi connectivity index (χ3v) is 4.47. The van der Waals surface area contributed by atoms with E-state index in [1.807, 2.05) is 0 Å². The number of hydrogen-bond donors (Lipinski definition) is 0. The van der Waals surface area contributed by atoms with E-state index in [0.717, 1.165) is 37.9 Å². The van der Waals surface area contributed by atoms with Crippen molar-refractivity contribution in [2.24, 2.45) is 5.92 Å². The second-order valence-corrected chi connectivity index (χ2v) is 5.83. The van der Waals surface area contributed by atoms with Crippen LogP contribution in [0, 0.1) is 26.7 Å². The van der Waals surface area contributed by atoms with Gasteiger partial charge in [0.25, 0.3) is 0 Å². The number of carbonyl (C=O) groups is 1. The van der Waals surface area contributed by atoms with E-state index in [4.69, 9.17) is 4.74 Å². The third kappa shape index (κ3) is 2.99. The van der Waals surface area contributed by atoms with Crippen molar-refractivity contribution in [3.05, 3.63) is 28.3 Å². The van der Waals surface area contributed by atoms with Crippen molar-refractivity contribution in [1.29, 1.82) is 0 Å². The number of benzene rings is 1. The summed E-state index contributed by atoms with van der Waals surface area (Å²) in [5.74, 6) is 2.11. The van der Waals surface area contributed by atoms with Gasteiger partial charge in [0.05, 0.1) is 7.11 Å². The van der Waals surface area contributed by atoms with Gasteiger partial charge in [0, 0.05) is 12.8 Å². The highest BCUT2D eigenvalue weighted by Crippen LogP contribution is 2.34. The number of methoxy groups -OCH3 is 1. The lowest BCUT2D eigenvalue weighted by Crippen LogP contribution is -2.17. The minimum Gasteiger partial charge on any atom is -0.496 e. The van der Waals surface area contributed by atoms with Crippen molar-refractivity contribution < 1.29 is 9.53 Å². The van der Waals surface area contributed by atoms with Crippen LogP contribution >= 0.6 is 0 Å². The Hall–Kier alpha value is -1.31. The zero-order valence-electron chi connectivity index (χ0n) is 12.5. The molecule has 0 bridgehead atoms. The zero-order chi connectivity index (χ0) is 14.0. The molecule has 1 aromatic carbocycles. The summed E-state index contributed by atoms with van der Waals surface area (Å²) in [6, 6.07) is 2.25. The summed E-state index contributed by atoms with van der Waals surface area (Å²) >= 11 is 0. The van der Waals surface area contributed by atoms with Crippen LogP contribution in [0.3, 0.4) is 0 Å². The highest BCUT2D eigenvalue weighted by molar-refractivity contribution is 5.79. The molecule has 1 fully saturated rings. The number of ether oxygens (including phenoxy) is 1. The molecule has 0 aliphatic heterocycles. The standard InChI is InChI=1S/C17H24O2/c1-11-9-12(2)16(17(19-4)13(11)3)10-14-5-7-15(18)8-6-14/h9,14H,5-8,10H2,1-4H3. The predicted molar refractivity (Wildman–Crippen MR) is 77.9 cm³/mol. The molecule has 0 N–H and O–H groups in total. The number of rotatable bonds is 3. The van der Waals surface area contributed by atoms with Gasteiger partial charge in [-0.1, -0.05) is 6.07 Å². The number of carbonyl (C=O) groups excluding carboxylic acids is 1. The predicted octanol–water partition coefficient (Wildman–Crippen LogP) is 3.92. The fraction of sp³-hybridized carbons (Fsp3) is 0.588. The Bertz CT molecular complexity index is 479. The molecule has 0 heterocycles. The van der Waals surface area contributed by atoms with E-state index in [-0.39, 0.29) is 0 Å². The molecular weight excluding hydrogens is 236 g/mol. The normalized spacial score (nSPS) is 16.7. The summed E-state index contributed by atoms with van der Waals surface area (Å²) in [6.07, 6.45) is 4.64. The molecule has 0 unspecified atom stereocenters. The van der Waals surface area contributed by atoms with E-state index >= 15 is 0 Å². The first kappa shape index (κ1) is 14.1. The van der Waals surface area contributed by atoms with Gasteiger partial charge in [-0.3, -0.25) is 4.79 Å². The molecule has 1 aliphatic carbocycles. The molecule has 1 saturated carbocycles. The van der Waals surface area contributed by atoms with Crippen LogP contribution in [-0.4, -0.2) is 12.9 Å². The second-order valence-electron chi connectivity index (χ2n) is 5.83. The van der Waals surface area contributed by atoms with Crippen molar-refractivity contribution in [1.82, 2.24) is 0 Å². The first-order valence-electron chi connectivity index (χ1n) is 7.18. The van der Waals surface area contributed by atoms with Gasteiger partial charge in [-0.25, -0.2) is 0 Å². The summed E-state index contributed by atoms with van der Waals surface area (Å²) in [7, 11) is 1.76. The first-order chi connectivity index (χ1) is 9.02. The van der Waals surface area contributed by atoms with Gasteiger partial charge in [0.2, 0.25) is 0 Å². The molecule has 1 aromatic rings. The first-order valence-corrected chi connectivity index (χ1v) is 7.18. The molecule has 0 spiro atoms. The van der Waals surface area contributed by atoms with E-state index in [9.17, 15) is 4.79 Å². The molecule has 2 nitrogen and oxygen atoms in total. The molecule has 0 radical (unpaired) electrons. The lowest BCUT2D eigenvalue weighted by molar-refractivity contribution is -0.120. The average molecular weight is 260 g/mol. The van der Waals surface area contributed by atoms with Gasteiger partial charge >= 0.3 is 0 Å². The van der Waals surface area contributed by atoms with Crippen LogP contribution in [0.5, 0.6) is 5.75 Å². The summed E-state index contributed by atoms with van der Waals surface area (Å²) in [6.45, 7) is 6.42. The molecule has 0 saturated heterocycles. The molecule has 0 amide bonds. The van der Waals surface area contributed by atoms with Gasteiger partial charge in [0.1, 0.15) is 11.5 Å². The van der Waals surface area contributed by atoms with Crippen LogP contribution in [0.2, 0.25) is 0 Å². The minimum atomic E-state index is 0.431. The molecule has 1 aliphatic rings. The van der Waals surface area contributed by atoms with E-state index < -0.39 is 0 Å². The van der Waals surface area contributed by atoms with Crippen molar-refractivity contribution in [2.45, 2.75) is 52.9 Å². The maximum Gasteiger partial charge on any atom is 0.132 e. The fourth-order valence-corrected chi connectivity index (χ4v) is 3.13. The van der Waals surface area contributed by atoms with Crippen LogP contribution < -0.4 is 4.74 Å². The van der Waals surface area contributed by atoms with E-state index in [1.54, 1.807) is 7.11 Å². The smallest absolute Gasteiger partial charge is 0.132 e. The summed E-state index contributed by atoms with van der Waals surface area (Å²) < 4.78 is 5.63. The average Bonchev–Trinajstić information content (AvgIpc) is 2.39. The highest BCUT2D eigenvalue weighted by Gasteiger charge is 2.22. The van der Waals surface area contributed by atoms with Gasteiger partial charge < -0.3 is 4.74 Å². The van der Waals surface area contributed by atoms with Gasteiger partial charge in [-0.15, -0.1) is 0 Å². The van der Waals surface area contributed by atoms with Gasteiger partial charge in [-0.05, 0) is 68.2 Å². The second kappa shape index (κ2) is 5.77. The maximum atomic E-state index is 11.3. The van der Waals surface area contributed by atoms with E-state index in [2.05, 4.69) is 26.8 Å². The van der Waals surface area contributed by atoms with Crippen LogP contribution in [0.25, 0.3) is 0 Å². The quantitative estimate of drug-likeness (QED) is 0.823. The highest BCUT2D eigenvalue weighted by atomic mass is 16.5. The van der Waals surface area contributed by atoms with Gasteiger partial charge in [-0.2, -0.15) is 0 Å². The lowest BCUT2D eigenvalue weighted by Gasteiger charge is -2.24. The largest absolute Gasteiger partial charge is 0.496 e. The Morgan fingerprint density at radius 3 is 2.37 bits per heavy atom. The molecular formula is C17H24O2. The van der Waals surface area contributed by atoms with Gasteiger partial charge in [0.15, 0.2) is 0 Å². The number of aryl methyl sites for hydroxylation is 2. The number of hydrogen-bond acceptors (Lipinski definition) is 2. The molecule has 2 heteroatoms. The topological polar surface area (TPSA) is 26.3 Å². The molecule has 0 atom stereocenters. The van der Waals surface area contributed by atoms with E-state index in [1.165, 1.54) is 22.3 Å². The molecule has 0 aromatic heterocycles. The Balaban J connectivity index is 2.24. The van der Waals surface area contributed by atoms with Crippen LogP contribution in [0.4, 0.5) is 0 Å². The minimum absolute atomic E-state index is 0.431. The van der Waals surface area contributed by atoms with Crippen molar-refractivity contribution in [3.8, 4) is 5.75 Å². The van der Waals surface area contributed by atoms with Crippen LogP contribution in [0.1, 0.15) is 47.9 Å². The van der Waals surface area contributed by atoms with E-state index in [0.29, 0.717) is 11.7 Å². The summed E-state index contributed by atoms with van der Waals surface area (Å²) in [4.78, 5) is 11.3. The SMILES string of the molecule is COc1c(C)c(C)cc(C)c1CC1CCC(=O)CC1. The number of ketones is 1. The van der Waals surface area contributed by atoms with Crippen molar-refractivity contribution in [2.75, 3.05) is 7.11 Å². The van der Waals surface area contributed by atoms with Crippen molar-refractivity contribution >= 4 is 5.78 Å². The Labute approximate surface area is 116 Å². The van der Waals surface area contributed by atoms with Crippen LogP contribution in [-0.2, 0) is 11.2 Å². The lowest BCUT2D eigenvalue weighted by atomic mass is 9.82. The Morgan fingerprint density at radius 2 is 1.79 bits per heavy atom. The molecule has 19 heavy (non-hydrogen) atoms. The zero-order valence-corrected chi connectivity index (χ0v) is 12.5. The fourth-order valence-electron chi connectivity index (χ4n) is 3.13. The van der Waals surface area contributed by atoms with Crippen molar-refractivity contribution in [3.63, 3.8) is 0 Å². The van der Waals surface area contributed by atoms with Crippen LogP contribution in [0.15, 0.2) is 6.07 Å². The number of Topliss-reactive ketones (excluding diaryl/α,β-unsaturated/α-hetero) is 1.